The van der Waals surface area contributed by atoms with E-state index in [-0.39, 0.29) is 24.8 Å². The molecule has 5 rings (SSSR count). The van der Waals surface area contributed by atoms with Gasteiger partial charge in [0, 0.05) is 0 Å². The molecule has 0 aromatic heterocycles. The number of aryl methyl sites for hydroxylation is 2. The van der Waals surface area contributed by atoms with E-state index in [0.29, 0.717) is 7.25 Å². The van der Waals surface area contributed by atoms with Crippen LogP contribution >= 0.6 is 0 Å². The van der Waals surface area contributed by atoms with Gasteiger partial charge in [0.05, 0.1) is 0 Å². The molecule has 37 heavy (non-hydrogen) atoms. The molecule has 193 valence electrons. The van der Waals surface area contributed by atoms with E-state index in [4.69, 9.17) is 0 Å². The second-order valence-electron chi connectivity index (χ2n) is 10.9. The molecule has 2 unspecified atom stereocenters. The van der Waals surface area contributed by atoms with Gasteiger partial charge < -0.3 is 24.8 Å². The van der Waals surface area contributed by atoms with Gasteiger partial charge in [-0.2, -0.15) is 0 Å². The topological polar surface area (TPSA) is 0 Å². The predicted molar refractivity (Wildman–Crippen MR) is 152 cm³/mol. The van der Waals surface area contributed by atoms with E-state index in [1.54, 1.807) is 44.5 Å². The van der Waals surface area contributed by atoms with Crippen LogP contribution in [0.4, 0.5) is 0 Å². The summed E-state index contributed by atoms with van der Waals surface area (Å²) >= 11 is -2.99. The number of hydrogen-bond donors (Lipinski definition) is 0. The maximum atomic E-state index is 2.57. The largest absolute Gasteiger partial charge is 1.00 e. The van der Waals surface area contributed by atoms with Crippen LogP contribution < -0.4 is 24.8 Å². The van der Waals surface area contributed by atoms with Crippen LogP contribution in [0.3, 0.4) is 0 Å². The Kier molecular flexibility index (Phi) is 10.5. The van der Waals surface area contributed by atoms with Crippen LogP contribution in [0.2, 0.25) is 0 Å². The van der Waals surface area contributed by atoms with Gasteiger partial charge in [-0.25, -0.2) is 0 Å². The Bertz CT molecular complexity index is 1270. The molecular formula is C33H39Cl2SiZr. The summed E-state index contributed by atoms with van der Waals surface area (Å²) in [5, 5.41) is 0. The Morgan fingerprint density at radius 2 is 1.11 bits per heavy atom. The SMILES string of the molecule is CCCc1cccc2c1C=C(C)[CH]2[Zr+2](=[SiH2])([CH2]c1ccccc1)[CH]1C(C)=Cc2c(CCC)cccc21.[Cl-].[Cl-]. The molecule has 0 heterocycles. The Morgan fingerprint density at radius 3 is 1.54 bits per heavy atom. The van der Waals surface area contributed by atoms with Gasteiger partial charge in [-0.3, -0.25) is 0 Å². The van der Waals surface area contributed by atoms with Crippen molar-refractivity contribution in [1.82, 2.24) is 0 Å². The van der Waals surface area contributed by atoms with Gasteiger partial charge in [0.25, 0.3) is 0 Å². The predicted octanol–water partition coefficient (Wildman–Crippen LogP) is 2.12. The first kappa shape index (κ1) is 30.4. The number of fused-ring (bicyclic) bond motifs is 2. The third kappa shape index (κ3) is 5.60. The van der Waals surface area contributed by atoms with Gasteiger partial charge in [-0.05, 0) is 0 Å². The first-order chi connectivity index (χ1) is 17.0. The van der Waals surface area contributed by atoms with Crippen LogP contribution in [-0.2, 0) is 35.9 Å². The van der Waals surface area contributed by atoms with Crippen LogP contribution in [-0.4, -0.2) is 6.88 Å². The molecule has 2 atom stereocenters. The van der Waals surface area contributed by atoms with E-state index in [1.165, 1.54) is 35.4 Å². The summed E-state index contributed by atoms with van der Waals surface area (Å²) in [7, 11) is 0. The Hall–Kier alpha value is -1.18. The number of allylic oxidation sites excluding steroid dienone is 2. The molecule has 0 aliphatic heterocycles. The van der Waals surface area contributed by atoms with Crippen molar-refractivity contribution in [3.63, 3.8) is 0 Å². The molecule has 0 N–H and O–H groups in total. The van der Waals surface area contributed by atoms with Crippen LogP contribution in [0, 0.1) is 0 Å². The molecule has 0 amide bonds. The van der Waals surface area contributed by atoms with Crippen molar-refractivity contribution < 1.29 is 43.7 Å². The standard InChI is InChI=1S/2C13H15.C7H7.2ClH.H2Si.Zr/c2*1-3-5-11-6-4-7-12-8-10(2)9-13(11)12;1-7-5-3-2-4-6-7;;;;/h2*4,6-9H,3,5H2,1-2H3;2-6H,1H2;2*1H;1H2;/q;;;;;;+2/p-2. The zero-order valence-electron chi connectivity index (χ0n) is 22.7. The second kappa shape index (κ2) is 12.8. The normalized spacial score (nSPS) is 18.2. The zero-order valence-corrected chi connectivity index (χ0v) is 28.0. The molecule has 4 heteroatoms. The summed E-state index contributed by atoms with van der Waals surface area (Å²) in [6.07, 6.45) is 9.91. The van der Waals surface area contributed by atoms with Gasteiger partial charge in [-0.1, -0.05) is 0 Å². The minimum absolute atomic E-state index is 0. The minimum Gasteiger partial charge on any atom is -1.00 e. The summed E-state index contributed by atoms with van der Waals surface area (Å²) in [5.74, 6) is 0. The van der Waals surface area contributed by atoms with E-state index in [2.05, 4.69) is 113 Å². The molecule has 0 nitrogen and oxygen atoms in total. The fourth-order valence-corrected chi connectivity index (χ4v) is 28.6. The van der Waals surface area contributed by atoms with Gasteiger partial charge in [0.2, 0.25) is 0 Å². The second-order valence-corrected chi connectivity index (χ2v) is 28.4. The van der Waals surface area contributed by atoms with Crippen molar-refractivity contribution in [3.8, 4) is 0 Å². The number of rotatable bonds is 8. The van der Waals surface area contributed by atoms with E-state index in [0.717, 1.165) is 0 Å². The van der Waals surface area contributed by atoms with E-state index in [9.17, 15) is 0 Å². The smallest absolute Gasteiger partial charge is 1.00 e. The monoisotopic (exact) mass is 623 g/mol. The van der Waals surface area contributed by atoms with Crippen LogP contribution in [0.5, 0.6) is 0 Å². The number of benzene rings is 3. The molecule has 3 aromatic carbocycles. The van der Waals surface area contributed by atoms with E-state index in [1.807, 2.05) is 0 Å². The van der Waals surface area contributed by atoms with Crippen LogP contribution in [0.1, 0.15) is 86.7 Å². The molecular weight excluding hydrogens is 587 g/mol. The summed E-state index contributed by atoms with van der Waals surface area (Å²) in [4.78, 5) is 0. The van der Waals surface area contributed by atoms with Gasteiger partial charge >= 0.3 is 219 Å². The molecule has 2 aliphatic rings. The fourth-order valence-electron chi connectivity index (χ4n) is 7.08. The maximum absolute atomic E-state index is 2.99. The van der Waals surface area contributed by atoms with Crippen molar-refractivity contribution in [2.75, 3.05) is 0 Å². The third-order valence-corrected chi connectivity index (χ3v) is 26.7. The Labute approximate surface area is 242 Å². The fraction of sp³-hybridized carbons (Fsp3) is 0.333. The molecule has 0 saturated carbocycles. The van der Waals surface area contributed by atoms with E-state index >= 15 is 0 Å². The summed E-state index contributed by atoms with van der Waals surface area (Å²) in [6, 6.07) is 25.8. The van der Waals surface area contributed by atoms with Gasteiger partial charge in [0.1, 0.15) is 0 Å². The molecule has 0 fully saturated rings. The molecule has 2 aliphatic carbocycles. The average molecular weight is 626 g/mol. The first-order valence-electron chi connectivity index (χ1n) is 13.5. The van der Waals surface area contributed by atoms with Crippen molar-refractivity contribution in [3.05, 3.63) is 117 Å². The van der Waals surface area contributed by atoms with E-state index < -0.39 is 18.9 Å². The first-order valence-corrected chi connectivity index (χ1v) is 24.0. The average Bonchev–Trinajstić information content (AvgIpc) is 3.37. The molecule has 0 saturated heterocycles. The summed E-state index contributed by atoms with van der Waals surface area (Å²) in [5.41, 5.74) is 14.3. The van der Waals surface area contributed by atoms with Crippen molar-refractivity contribution in [1.29, 1.82) is 0 Å². The summed E-state index contributed by atoms with van der Waals surface area (Å²) in [6.45, 7) is 12.0. The third-order valence-electron chi connectivity index (χ3n) is 8.30. The number of halogens is 2. The van der Waals surface area contributed by atoms with Gasteiger partial charge in [0.15, 0.2) is 0 Å². The Balaban J connectivity index is 0.00000190. The van der Waals surface area contributed by atoms with Crippen molar-refractivity contribution >= 4 is 19.0 Å². The van der Waals surface area contributed by atoms with Crippen LogP contribution in [0.25, 0.3) is 12.2 Å². The minimum atomic E-state index is -2.99. The van der Waals surface area contributed by atoms with Crippen LogP contribution in [0.15, 0.2) is 77.9 Å². The summed E-state index contributed by atoms with van der Waals surface area (Å²) < 4.78 is 2.54. The molecule has 0 bridgehead atoms. The molecule has 0 spiro atoms. The molecule has 0 radical (unpaired) electrons. The van der Waals surface area contributed by atoms with Gasteiger partial charge in [-0.15, -0.1) is 0 Å². The van der Waals surface area contributed by atoms with Crippen molar-refractivity contribution in [2.45, 2.75) is 64.8 Å². The zero-order chi connectivity index (χ0) is 24.6. The quantitative estimate of drug-likeness (QED) is 0.337. The maximum Gasteiger partial charge on any atom is -1.00 e. The van der Waals surface area contributed by atoms with Crippen molar-refractivity contribution in [2.24, 2.45) is 0 Å². The number of hydrogen-bond acceptors (Lipinski definition) is 0. The molecule has 3 aromatic rings. The Morgan fingerprint density at radius 1 is 0.649 bits per heavy atom.